The normalized spacial score (nSPS) is 18.1. The van der Waals surface area contributed by atoms with Gasteiger partial charge in [0, 0.05) is 31.4 Å². The van der Waals surface area contributed by atoms with E-state index in [4.69, 9.17) is 0 Å². The van der Waals surface area contributed by atoms with Crippen LogP contribution < -0.4 is 16.2 Å². The molecule has 5 nitrogen and oxygen atoms in total. The van der Waals surface area contributed by atoms with Gasteiger partial charge in [0.1, 0.15) is 0 Å². The molecule has 0 saturated carbocycles. The number of rotatable bonds is 4. The van der Waals surface area contributed by atoms with Gasteiger partial charge >= 0.3 is 0 Å². The maximum atomic E-state index is 11.9. The number of pyridine rings is 1. The van der Waals surface area contributed by atoms with Crippen molar-refractivity contribution < 1.29 is 4.79 Å². The zero-order valence-electron chi connectivity index (χ0n) is 11.7. The molecule has 2 N–H and O–H groups in total. The van der Waals surface area contributed by atoms with Crippen molar-refractivity contribution in [1.82, 2.24) is 15.2 Å². The molecule has 2 rings (SSSR count). The first-order chi connectivity index (χ1) is 9.16. The van der Waals surface area contributed by atoms with Gasteiger partial charge < -0.3 is 15.2 Å². The van der Waals surface area contributed by atoms with Crippen LogP contribution in [0.15, 0.2) is 23.1 Å². The van der Waals surface area contributed by atoms with E-state index in [1.807, 2.05) is 0 Å². The third-order valence-electron chi connectivity index (χ3n) is 3.60. The quantitative estimate of drug-likeness (QED) is 0.869. The Morgan fingerprint density at radius 2 is 2.35 bits per heavy atom. The first-order valence-electron chi connectivity index (χ1n) is 6.82. The zero-order valence-corrected chi connectivity index (χ0v) is 12.5. The van der Waals surface area contributed by atoms with E-state index < -0.39 is 0 Å². The molecule has 1 aromatic rings. The zero-order chi connectivity index (χ0) is 13.7. The Hall–Kier alpha value is -1.33. The molecular formula is C14H22ClN3O2. The summed E-state index contributed by atoms with van der Waals surface area (Å²) in [6.07, 6.45) is 5.05. The number of aromatic nitrogens is 1. The summed E-state index contributed by atoms with van der Waals surface area (Å²) in [7, 11) is 1.67. The van der Waals surface area contributed by atoms with Gasteiger partial charge in [-0.1, -0.05) is 0 Å². The van der Waals surface area contributed by atoms with Crippen LogP contribution in [0.25, 0.3) is 0 Å². The minimum atomic E-state index is -0.165. The molecule has 1 unspecified atom stereocenters. The summed E-state index contributed by atoms with van der Waals surface area (Å²) < 4.78 is 1.45. The Kier molecular flexibility index (Phi) is 6.75. The van der Waals surface area contributed by atoms with Crippen molar-refractivity contribution >= 4 is 18.3 Å². The molecule has 2 heterocycles. The topological polar surface area (TPSA) is 63.1 Å². The van der Waals surface area contributed by atoms with Gasteiger partial charge in [0.2, 0.25) is 0 Å². The van der Waals surface area contributed by atoms with Gasteiger partial charge in [-0.05, 0) is 44.3 Å². The molecule has 1 fully saturated rings. The number of piperidine rings is 1. The number of hydrogen-bond acceptors (Lipinski definition) is 3. The number of carbonyl (C=O) groups is 1. The van der Waals surface area contributed by atoms with Gasteiger partial charge in [-0.25, -0.2) is 0 Å². The summed E-state index contributed by atoms with van der Waals surface area (Å²) in [5, 5.41) is 6.24. The molecule has 0 aliphatic carbocycles. The van der Waals surface area contributed by atoms with Gasteiger partial charge in [-0.15, -0.1) is 12.4 Å². The summed E-state index contributed by atoms with van der Waals surface area (Å²) in [4.78, 5) is 23.3. The molecule has 1 amide bonds. The lowest BCUT2D eigenvalue weighted by atomic mass is 9.96. The highest BCUT2D eigenvalue weighted by Gasteiger charge is 2.13. The van der Waals surface area contributed by atoms with Crippen molar-refractivity contribution in [1.29, 1.82) is 0 Å². The van der Waals surface area contributed by atoms with E-state index in [9.17, 15) is 9.59 Å². The molecule has 20 heavy (non-hydrogen) atoms. The van der Waals surface area contributed by atoms with Crippen molar-refractivity contribution in [3.63, 3.8) is 0 Å². The third-order valence-corrected chi connectivity index (χ3v) is 3.60. The van der Waals surface area contributed by atoms with Crippen LogP contribution in [0.4, 0.5) is 0 Å². The van der Waals surface area contributed by atoms with E-state index in [-0.39, 0.29) is 23.9 Å². The van der Waals surface area contributed by atoms with Gasteiger partial charge in [-0.3, -0.25) is 9.59 Å². The van der Waals surface area contributed by atoms with E-state index in [0.29, 0.717) is 18.0 Å². The highest BCUT2D eigenvalue weighted by Crippen LogP contribution is 2.12. The van der Waals surface area contributed by atoms with E-state index in [2.05, 4.69) is 10.6 Å². The monoisotopic (exact) mass is 299 g/mol. The van der Waals surface area contributed by atoms with E-state index in [0.717, 1.165) is 19.5 Å². The molecule has 0 bridgehead atoms. The smallest absolute Gasteiger partial charge is 0.251 e. The molecule has 0 spiro atoms. The maximum Gasteiger partial charge on any atom is 0.251 e. The number of halogens is 1. The van der Waals surface area contributed by atoms with E-state index in [1.165, 1.54) is 23.5 Å². The molecule has 6 heteroatoms. The number of aryl methyl sites for hydroxylation is 1. The SMILES string of the molecule is Cl.Cn1ccc(C(=O)NCCC2CCCNC2)cc1=O. The van der Waals surface area contributed by atoms with Crippen molar-refractivity contribution in [2.75, 3.05) is 19.6 Å². The standard InChI is InChI=1S/C14H21N3O2.ClH/c1-17-8-5-12(9-13(17)18)14(19)16-7-4-11-3-2-6-15-10-11;/h5,8-9,11,15H,2-4,6-7,10H2,1H3,(H,16,19);1H. The Morgan fingerprint density at radius 1 is 1.55 bits per heavy atom. The Bertz CT molecular complexity index is 495. The number of nitrogens with zero attached hydrogens (tertiary/aromatic N) is 1. The van der Waals surface area contributed by atoms with Crippen LogP contribution in [0.5, 0.6) is 0 Å². The highest BCUT2D eigenvalue weighted by molar-refractivity contribution is 5.93. The fourth-order valence-electron chi connectivity index (χ4n) is 2.35. The molecule has 1 aliphatic rings. The fourth-order valence-corrected chi connectivity index (χ4v) is 2.35. The van der Waals surface area contributed by atoms with Gasteiger partial charge in [-0.2, -0.15) is 0 Å². The van der Waals surface area contributed by atoms with Crippen molar-refractivity contribution in [2.45, 2.75) is 19.3 Å². The average molecular weight is 300 g/mol. The summed E-state index contributed by atoms with van der Waals surface area (Å²) in [5.41, 5.74) is 0.272. The Morgan fingerprint density at radius 3 is 3.00 bits per heavy atom. The second-order valence-electron chi connectivity index (χ2n) is 5.12. The molecule has 0 aromatic carbocycles. The molecule has 1 saturated heterocycles. The highest BCUT2D eigenvalue weighted by atomic mass is 35.5. The number of amides is 1. The first kappa shape index (κ1) is 16.7. The van der Waals surface area contributed by atoms with Gasteiger partial charge in [0.15, 0.2) is 0 Å². The van der Waals surface area contributed by atoms with Gasteiger partial charge in [0.25, 0.3) is 11.5 Å². The molecule has 112 valence electrons. The first-order valence-corrected chi connectivity index (χ1v) is 6.82. The number of hydrogen-bond donors (Lipinski definition) is 2. The second-order valence-corrected chi connectivity index (χ2v) is 5.12. The van der Waals surface area contributed by atoms with E-state index >= 15 is 0 Å². The van der Waals surface area contributed by atoms with Crippen LogP contribution in [0.3, 0.4) is 0 Å². The van der Waals surface area contributed by atoms with Crippen molar-refractivity contribution in [3.05, 3.63) is 34.2 Å². The van der Waals surface area contributed by atoms with Crippen LogP contribution in [0, 0.1) is 5.92 Å². The summed E-state index contributed by atoms with van der Waals surface area (Å²) in [6.45, 7) is 2.82. The molecule has 0 radical (unpaired) electrons. The largest absolute Gasteiger partial charge is 0.352 e. The van der Waals surface area contributed by atoms with E-state index in [1.54, 1.807) is 19.3 Å². The molecule has 1 atom stereocenters. The molecule has 1 aliphatic heterocycles. The Labute approximate surface area is 125 Å². The minimum absolute atomic E-state index is 0. The average Bonchev–Trinajstić information content (AvgIpc) is 2.43. The minimum Gasteiger partial charge on any atom is -0.352 e. The number of nitrogens with one attached hydrogen (secondary N) is 2. The van der Waals surface area contributed by atoms with Crippen molar-refractivity contribution in [2.24, 2.45) is 13.0 Å². The maximum absolute atomic E-state index is 11.9. The molecule has 1 aromatic heterocycles. The second kappa shape index (κ2) is 8.07. The van der Waals surface area contributed by atoms with Crippen LogP contribution in [0.2, 0.25) is 0 Å². The Balaban J connectivity index is 0.00000200. The summed E-state index contributed by atoms with van der Waals surface area (Å²) in [5.74, 6) is 0.485. The van der Waals surface area contributed by atoms with Gasteiger partial charge in [0.05, 0.1) is 0 Å². The van der Waals surface area contributed by atoms with Crippen LogP contribution in [-0.2, 0) is 7.05 Å². The van der Waals surface area contributed by atoms with Crippen LogP contribution >= 0.6 is 12.4 Å². The van der Waals surface area contributed by atoms with Crippen molar-refractivity contribution in [3.8, 4) is 0 Å². The lowest BCUT2D eigenvalue weighted by molar-refractivity contribution is 0.0950. The third kappa shape index (κ3) is 4.65. The lowest BCUT2D eigenvalue weighted by Gasteiger charge is -2.22. The summed E-state index contributed by atoms with van der Waals surface area (Å²) in [6, 6.07) is 3.04. The van der Waals surface area contributed by atoms with Crippen LogP contribution in [0.1, 0.15) is 29.6 Å². The summed E-state index contributed by atoms with van der Waals surface area (Å²) >= 11 is 0. The fraction of sp³-hybridized carbons (Fsp3) is 0.571. The lowest BCUT2D eigenvalue weighted by Crippen LogP contribution is -2.33. The molecular weight excluding hydrogens is 278 g/mol. The predicted molar refractivity (Wildman–Crippen MR) is 81.5 cm³/mol. The number of carbonyl (C=O) groups excluding carboxylic acids is 1. The predicted octanol–water partition coefficient (Wildman–Crippen LogP) is 0.927. The van der Waals surface area contributed by atoms with Crippen LogP contribution in [-0.4, -0.2) is 30.1 Å².